The second kappa shape index (κ2) is 6.03. The first kappa shape index (κ1) is 12.5. The SMILES string of the molecule is C1CC2(CCNC2)CN1.CC.[V]. The van der Waals surface area contributed by atoms with E-state index in [1.54, 1.807) is 0 Å². The molecule has 1 radical (unpaired) electrons. The molecule has 2 nitrogen and oxygen atoms in total. The van der Waals surface area contributed by atoms with Crippen LogP contribution in [0, 0.1) is 5.41 Å². The van der Waals surface area contributed by atoms with Gasteiger partial charge in [-0.25, -0.2) is 0 Å². The average Bonchev–Trinajstić information content (AvgIpc) is 2.69. The maximum Gasteiger partial charge on any atom is 0.00209 e. The summed E-state index contributed by atoms with van der Waals surface area (Å²) in [6, 6.07) is 0. The summed E-state index contributed by atoms with van der Waals surface area (Å²) in [4.78, 5) is 0. The third-order valence-electron chi connectivity index (χ3n) is 2.66. The third kappa shape index (κ3) is 2.77. The molecule has 12 heavy (non-hydrogen) atoms. The Kier molecular flexibility index (Phi) is 6.29. The van der Waals surface area contributed by atoms with Crippen molar-refractivity contribution in [3.05, 3.63) is 0 Å². The molecule has 71 valence electrons. The molecule has 0 aliphatic carbocycles. The van der Waals surface area contributed by atoms with Crippen LogP contribution in [0.4, 0.5) is 0 Å². The van der Waals surface area contributed by atoms with Gasteiger partial charge in [0.25, 0.3) is 0 Å². The van der Waals surface area contributed by atoms with Gasteiger partial charge < -0.3 is 10.6 Å². The smallest absolute Gasteiger partial charge is 0.00209 e. The fourth-order valence-electron chi connectivity index (χ4n) is 1.96. The van der Waals surface area contributed by atoms with Crippen molar-refractivity contribution >= 4 is 0 Å². The van der Waals surface area contributed by atoms with Gasteiger partial charge in [-0.15, -0.1) is 0 Å². The summed E-state index contributed by atoms with van der Waals surface area (Å²) < 4.78 is 0. The predicted molar refractivity (Wildman–Crippen MR) is 48.8 cm³/mol. The summed E-state index contributed by atoms with van der Waals surface area (Å²) in [5, 5.41) is 6.83. The van der Waals surface area contributed by atoms with Gasteiger partial charge >= 0.3 is 0 Å². The molecule has 1 spiro atoms. The first-order valence-corrected chi connectivity index (χ1v) is 4.83. The molecule has 0 atom stereocenters. The van der Waals surface area contributed by atoms with Gasteiger partial charge in [-0.3, -0.25) is 0 Å². The second-order valence-electron chi connectivity index (χ2n) is 3.35. The Morgan fingerprint density at radius 1 is 0.917 bits per heavy atom. The zero-order valence-corrected chi connectivity index (χ0v) is 9.59. The number of rotatable bonds is 0. The van der Waals surface area contributed by atoms with Crippen LogP contribution in [-0.4, -0.2) is 26.2 Å². The van der Waals surface area contributed by atoms with E-state index in [0.29, 0.717) is 5.41 Å². The number of hydrogen-bond acceptors (Lipinski definition) is 2. The number of hydrogen-bond donors (Lipinski definition) is 2. The zero-order valence-electron chi connectivity index (χ0n) is 8.19. The first-order valence-electron chi connectivity index (χ1n) is 4.83. The van der Waals surface area contributed by atoms with E-state index in [0.717, 1.165) is 0 Å². The molecule has 2 rings (SSSR count). The molecular weight excluding hydrogens is 187 g/mol. The van der Waals surface area contributed by atoms with Gasteiger partial charge in [-0.05, 0) is 31.3 Å². The summed E-state index contributed by atoms with van der Waals surface area (Å²) in [7, 11) is 0. The predicted octanol–water partition coefficient (Wildman–Crippen LogP) is 0.983. The Hall–Kier alpha value is 0.504. The first-order chi connectivity index (χ1) is 5.41. The number of nitrogens with one attached hydrogen (secondary N) is 2. The van der Waals surface area contributed by atoms with Crippen LogP contribution in [0.25, 0.3) is 0 Å². The average molecular weight is 207 g/mol. The molecule has 0 aromatic carbocycles. The second-order valence-corrected chi connectivity index (χ2v) is 3.35. The maximum absolute atomic E-state index is 3.42. The van der Waals surface area contributed by atoms with Crippen LogP contribution in [0.2, 0.25) is 0 Å². The maximum atomic E-state index is 3.42. The Morgan fingerprint density at radius 2 is 1.33 bits per heavy atom. The van der Waals surface area contributed by atoms with Crippen LogP contribution in [0.5, 0.6) is 0 Å². The van der Waals surface area contributed by atoms with Gasteiger partial charge in [0, 0.05) is 31.6 Å². The van der Waals surface area contributed by atoms with Gasteiger partial charge in [0.15, 0.2) is 0 Å². The van der Waals surface area contributed by atoms with Crippen molar-refractivity contribution in [1.29, 1.82) is 0 Å². The van der Waals surface area contributed by atoms with Gasteiger partial charge in [0.05, 0.1) is 0 Å². The van der Waals surface area contributed by atoms with Crippen molar-refractivity contribution in [1.82, 2.24) is 10.6 Å². The molecule has 3 heteroatoms. The van der Waals surface area contributed by atoms with E-state index in [9.17, 15) is 0 Å². The van der Waals surface area contributed by atoms with Crippen LogP contribution in [0.1, 0.15) is 26.7 Å². The van der Waals surface area contributed by atoms with E-state index in [4.69, 9.17) is 0 Å². The quantitative estimate of drug-likeness (QED) is 0.619. The normalized spacial score (nSPS) is 24.5. The van der Waals surface area contributed by atoms with E-state index in [2.05, 4.69) is 10.6 Å². The van der Waals surface area contributed by atoms with Crippen molar-refractivity contribution in [2.45, 2.75) is 26.7 Å². The van der Waals surface area contributed by atoms with Crippen LogP contribution in [0.15, 0.2) is 0 Å². The molecule has 0 amide bonds. The molecule has 2 saturated heterocycles. The summed E-state index contributed by atoms with van der Waals surface area (Å²) in [5.74, 6) is 0. The van der Waals surface area contributed by atoms with E-state index < -0.39 is 0 Å². The monoisotopic (exact) mass is 207 g/mol. The largest absolute Gasteiger partial charge is 0.316 e. The van der Waals surface area contributed by atoms with Gasteiger partial charge in [-0.1, -0.05) is 13.8 Å². The molecule has 2 fully saturated rings. The summed E-state index contributed by atoms with van der Waals surface area (Å²) in [6.45, 7) is 8.98. The van der Waals surface area contributed by atoms with Crippen molar-refractivity contribution in [2.24, 2.45) is 5.41 Å². The summed E-state index contributed by atoms with van der Waals surface area (Å²) in [5.41, 5.74) is 0.667. The Balaban J connectivity index is 0.000000378. The van der Waals surface area contributed by atoms with Crippen molar-refractivity contribution in [3.8, 4) is 0 Å². The van der Waals surface area contributed by atoms with Crippen LogP contribution in [-0.2, 0) is 18.6 Å². The zero-order chi connectivity index (χ0) is 8.16. The minimum atomic E-state index is 0. The fraction of sp³-hybridized carbons (Fsp3) is 1.00. The van der Waals surface area contributed by atoms with Crippen molar-refractivity contribution < 1.29 is 18.6 Å². The van der Waals surface area contributed by atoms with Crippen molar-refractivity contribution in [3.63, 3.8) is 0 Å². The molecule has 0 aromatic heterocycles. The topological polar surface area (TPSA) is 24.1 Å². The minimum absolute atomic E-state index is 0. The Morgan fingerprint density at radius 3 is 1.58 bits per heavy atom. The molecule has 0 saturated carbocycles. The van der Waals surface area contributed by atoms with Gasteiger partial charge in [0.2, 0.25) is 0 Å². The molecule has 0 unspecified atom stereocenters. The molecule has 2 N–H and O–H groups in total. The van der Waals surface area contributed by atoms with Crippen LogP contribution in [0.3, 0.4) is 0 Å². The standard InChI is InChI=1S/C7H14N2.C2H6.V/c1-3-8-5-7(1)2-4-9-6-7;1-2;/h8-9H,1-6H2;1-2H3;. The Bertz CT molecular complexity index is 87.6. The molecule has 0 aromatic rings. The van der Waals surface area contributed by atoms with E-state index >= 15 is 0 Å². The molecular formula is C9H20N2V. The minimum Gasteiger partial charge on any atom is -0.316 e. The fourth-order valence-corrected chi connectivity index (χ4v) is 1.96. The summed E-state index contributed by atoms with van der Waals surface area (Å²) in [6.07, 6.45) is 2.78. The van der Waals surface area contributed by atoms with Crippen LogP contribution >= 0.6 is 0 Å². The molecule has 2 aliphatic rings. The Labute approximate surface area is 87.8 Å². The molecule has 2 aliphatic heterocycles. The van der Waals surface area contributed by atoms with E-state index in [1.807, 2.05) is 13.8 Å². The third-order valence-corrected chi connectivity index (χ3v) is 2.66. The molecule has 0 bridgehead atoms. The van der Waals surface area contributed by atoms with Crippen molar-refractivity contribution in [2.75, 3.05) is 26.2 Å². The molecule has 2 heterocycles. The van der Waals surface area contributed by atoms with E-state index in [1.165, 1.54) is 39.0 Å². The van der Waals surface area contributed by atoms with Gasteiger partial charge in [-0.2, -0.15) is 0 Å². The van der Waals surface area contributed by atoms with E-state index in [-0.39, 0.29) is 18.6 Å². The van der Waals surface area contributed by atoms with Gasteiger partial charge in [0.1, 0.15) is 0 Å². The van der Waals surface area contributed by atoms with Crippen LogP contribution < -0.4 is 10.6 Å². The summed E-state index contributed by atoms with van der Waals surface area (Å²) >= 11 is 0.